The molecule has 0 saturated carbocycles. The molecule has 1 aromatic carbocycles. The Morgan fingerprint density at radius 3 is 2.71 bits per heavy atom. The van der Waals surface area contributed by atoms with Crippen molar-refractivity contribution in [3.05, 3.63) is 28.2 Å². The van der Waals surface area contributed by atoms with Crippen molar-refractivity contribution in [2.24, 2.45) is 5.92 Å². The summed E-state index contributed by atoms with van der Waals surface area (Å²) in [6.07, 6.45) is -0.708. The number of aliphatic hydroxyl groups is 1. The predicted molar refractivity (Wildman–Crippen MR) is 87.6 cm³/mol. The zero-order chi connectivity index (χ0) is 15.8. The van der Waals surface area contributed by atoms with Gasteiger partial charge in [0.1, 0.15) is 0 Å². The van der Waals surface area contributed by atoms with E-state index < -0.39 is 6.10 Å². The van der Waals surface area contributed by atoms with Gasteiger partial charge in [-0.3, -0.25) is 0 Å². The average molecular weight is 359 g/mol. The molecule has 0 radical (unpaired) electrons. The second-order valence-corrected chi connectivity index (χ2v) is 6.30. The Hall–Kier alpha value is -1.11. The van der Waals surface area contributed by atoms with Gasteiger partial charge >= 0.3 is 6.03 Å². The lowest BCUT2D eigenvalue weighted by Gasteiger charge is -2.14. The molecule has 0 aliphatic carbocycles. The Morgan fingerprint density at radius 2 is 2.10 bits per heavy atom. The normalized spacial score (nSPS) is 12.3. The molecule has 6 heteroatoms. The number of aryl methyl sites for hydroxylation is 1. The van der Waals surface area contributed by atoms with Gasteiger partial charge in [0.2, 0.25) is 0 Å². The van der Waals surface area contributed by atoms with Crippen LogP contribution in [0.3, 0.4) is 0 Å². The van der Waals surface area contributed by atoms with Crippen molar-refractivity contribution in [2.75, 3.05) is 25.1 Å². The maximum Gasteiger partial charge on any atom is 0.319 e. The number of ether oxygens (including phenoxy) is 1. The SMILES string of the molecule is Cc1cc(Br)ccc1NC(=O)NCC(O)COCC(C)C. The summed E-state index contributed by atoms with van der Waals surface area (Å²) in [4.78, 5) is 11.8. The van der Waals surface area contributed by atoms with E-state index in [0.29, 0.717) is 12.5 Å². The van der Waals surface area contributed by atoms with Crippen molar-refractivity contribution in [1.82, 2.24) is 5.32 Å². The molecule has 0 saturated heterocycles. The molecule has 21 heavy (non-hydrogen) atoms. The summed E-state index contributed by atoms with van der Waals surface area (Å²) in [6.45, 7) is 6.96. The zero-order valence-corrected chi connectivity index (χ0v) is 14.2. The van der Waals surface area contributed by atoms with Crippen molar-refractivity contribution >= 4 is 27.6 Å². The van der Waals surface area contributed by atoms with Gasteiger partial charge in [-0.05, 0) is 36.6 Å². The number of carbonyl (C=O) groups excluding carboxylic acids is 1. The number of hydrogen-bond acceptors (Lipinski definition) is 3. The van der Waals surface area contributed by atoms with Gasteiger partial charge < -0.3 is 20.5 Å². The van der Waals surface area contributed by atoms with Gasteiger partial charge in [0, 0.05) is 23.3 Å². The van der Waals surface area contributed by atoms with Gasteiger partial charge in [0.05, 0.1) is 12.7 Å². The Bertz CT molecular complexity index is 466. The van der Waals surface area contributed by atoms with E-state index in [1.54, 1.807) is 0 Å². The smallest absolute Gasteiger partial charge is 0.319 e. The molecule has 0 spiro atoms. The third-order valence-corrected chi connectivity index (χ3v) is 3.19. The summed E-state index contributed by atoms with van der Waals surface area (Å²) in [7, 11) is 0. The van der Waals surface area contributed by atoms with Crippen molar-refractivity contribution in [3.63, 3.8) is 0 Å². The van der Waals surface area contributed by atoms with E-state index in [-0.39, 0.29) is 19.2 Å². The largest absolute Gasteiger partial charge is 0.389 e. The van der Waals surface area contributed by atoms with Crippen LogP contribution in [0.25, 0.3) is 0 Å². The molecule has 0 fully saturated rings. The van der Waals surface area contributed by atoms with Crippen LogP contribution in [-0.2, 0) is 4.74 Å². The lowest BCUT2D eigenvalue weighted by molar-refractivity contribution is 0.0274. The number of urea groups is 1. The van der Waals surface area contributed by atoms with Gasteiger partial charge in [-0.1, -0.05) is 29.8 Å². The molecule has 118 valence electrons. The number of carbonyl (C=O) groups is 1. The summed E-state index contributed by atoms with van der Waals surface area (Å²) in [6, 6.07) is 5.26. The van der Waals surface area contributed by atoms with Gasteiger partial charge in [-0.2, -0.15) is 0 Å². The highest BCUT2D eigenvalue weighted by atomic mass is 79.9. The molecule has 0 aliphatic rings. The number of anilines is 1. The van der Waals surface area contributed by atoms with Crippen LogP contribution < -0.4 is 10.6 Å². The Kier molecular flexibility index (Phi) is 7.71. The molecule has 0 aromatic heterocycles. The standard InChI is InChI=1S/C15H23BrN2O3/c1-10(2)8-21-9-13(19)7-17-15(20)18-14-5-4-12(16)6-11(14)3/h4-6,10,13,19H,7-9H2,1-3H3,(H2,17,18,20). The zero-order valence-electron chi connectivity index (χ0n) is 12.6. The van der Waals surface area contributed by atoms with E-state index in [0.717, 1.165) is 15.7 Å². The summed E-state index contributed by atoms with van der Waals surface area (Å²) in [5.74, 6) is 0.425. The molecular weight excluding hydrogens is 336 g/mol. The van der Waals surface area contributed by atoms with Crippen molar-refractivity contribution < 1.29 is 14.6 Å². The van der Waals surface area contributed by atoms with Crippen LogP contribution in [0.4, 0.5) is 10.5 Å². The number of amides is 2. The van der Waals surface area contributed by atoms with Crippen LogP contribution in [0.2, 0.25) is 0 Å². The maximum atomic E-state index is 11.8. The van der Waals surface area contributed by atoms with Crippen LogP contribution in [0.15, 0.2) is 22.7 Å². The first kappa shape index (κ1) is 17.9. The molecule has 1 rings (SSSR count). The van der Waals surface area contributed by atoms with Crippen molar-refractivity contribution in [3.8, 4) is 0 Å². The minimum absolute atomic E-state index is 0.152. The Morgan fingerprint density at radius 1 is 1.38 bits per heavy atom. The maximum absolute atomic E-state index is 11.8. The molecule has 1 atom stereocenters. The lowest BCUT2D eigenvalue weighted by Crippen LogP contribution is -2.37. The monoisotopic (exact) mass is 358 g/mol. The summed E-state index contributed by atoms with van der Waals surface area (Å²) in [5.41, 5.74) is 1.70. The van der Waals surface area contributed by atoms with Gasteiger partial charge in [0.15, 0.2) is 0 Å². The number of benzene rings is 1. The van der Waals surface area contributed by atoms with Gasteiger partial charge in [-0.25, -0.2) is 4.79 Å². The van der Waals surface area contributed by atoms with Crippen LogP contribution in [0.5, 0.6) is 0 Å². The molecule has 1 unspecified atom stereocenters. The minimum atomic E-state index is -0.708. The second kappa shape index (κ2) is 9.02. The molecule has 0 aliphatic heterocycles. The summed E-state index contributed by atoms with van der Waals surface area (Å²) in [5, 5.41) is 15.1. The first-order valence-corrected chi connectivity index (χ1v) is 7.74. The number of halogens is 1. The van der Waals surface area contributed by atoms with E-state index in [4.69, 9.17) is 4.74 Å². The van der Waals surface area contributed by atoms with Crippen LogP contribution in [-0.4, -0.2) is 37.0 Å². The van der Waals surface area contributed by atoms with E-state index in [2.05, 4.69) is 26.6 Å². The molecule has 0 bridgehead atoms. The quantitative estimate of drug-likeness (QED) is 0.701. The fraction of sp³-hybridized carbons (Fsp3) is 0.533. The fourth-order valence-corrected chi connectivity index (χ4v) is 2.12. The lowest BCUT2D eigenvalue weighted by atomic mass is 10.2. The highest BCUT2D eigenvalue weighted by Crippen LogP contribution is 2.19. The third kappa shape index (κ3) is 7.45. The topological polar surface area (TPSA) is 70.6 Å². The third-order valence-electron chi connectivity index (χ3n) is 2.70. The van der Waals surface area contributed by atoms with E-state index in [9.17, 15) is 9.90 Å². The number of nitrogens with one attached hydrogen (secondary N) is 2. The predicted octanol–water partition coefficient (Wildman–Crippen LogP) is 2.91. The Balaban J connectivity index is 2.30. The molecular formula is C15H23BrN2O3. The number of hydrogen-bond donors (Lipinski definition) is 3. The van der Waals surface area contributed by atoms with Gasteiger partial charge in [-0.15, -0.1) is 0 Å². The molecule has 1 aromatic rings. The minimum Gasteiger partial charge on any atom is -0.389 e. The van der Waals surface area contributed by atoms with Crippen LogP contribution in [0.1, 0.15) is 19.4 Å². The first-order valence-electron chi connectivity index (χ1n) is 6.95. The molecule has 2 amide bonds. The van der Waals surface area contributed by atoms with Crippen molar-refractivity contribution in [1.29, 1.82) is 0 Å². The van der Waals surface area contributed by atoms with E-state index in [1.165, 1.54) is 0 Å². The first-order chi connectivity index (χ1) is 9.88. The molecule has 5 nitrogen and oxygen atoms in total. The van der Waals surface area contributed by atoms with Gasteiger partial charge in [0.25, 0.3) is 0 Å². The second-order valence-electron chi connectivity index (χ2n) is 5.38. The summed E-state index contributed by atoms with van der Waals surface area (Å²) >= 11 is 3.37. The number of aliphatic hydroxyl groups excluding tert-OH is 1. The molecule has 3 N–H and O–H groups in total. The number of rotatable bonds is 7. The highest BCUT2D eigenvalue weighted by Gasteiger charge is 2.09. The highest BCUT2D eigenvalue weighted by molar-refractivity contribution is 9.10. The summed E-state index contributed by atoms with van der Waals surface area (Å²) < 4.78 is 6.27. The van der Waals surface area contributed by atoms with Crippen LogP contribution in [0, 0.1) is 12.8 Å². The van der Waals surface area contributed by atoms with E-state index >= 15 is 0 Å². The van der Waals surface area contributed by atoms with Crippen LogP contribution >= 0.6 is 15.9 Å². The van der Waals surface area contributed by atoms with E-state index in [1.807, 2.05) is 39.0 Å². The average Bonchev–Trinajstić information content (AvgIpc) is 2.39. The molecule has 0 heterocycles. The van der Waals surface area contributed by atoms with Crippen molar-refractivity contribution in [2.45, 2.75) is 26.9 Å². The Labute approximate surface area is 134 Å². The fourth-order valence-electron chi connectivity index (χ4n) is 1.64.